The Bertz CT molecular complexity index is 1460. The molecule has 3 atom stereocenters. The molecule has 0 amide bonds. The first-order valence-electron chi connectivity index (χ1n) is 12.3. The molecular formula is C26H25ClF3N3O3S. The topological polar surface area (TPSA) is 86.3 Å². The zero-order valence-electron chi connectivity index (χ0n) is 19.7. The molecule has 2 saturated heterocycles. The van der Waals surface area contributed by atoms with Crippen molar-refractivity contribution in [2.75, 3.05) is 0 Å². The van der Waals surface area contributed by atoms with Crippen LogP contribution in [0.4, 0.5) is 13.2 Å². The first kappa shape index (κ1) is 24.9. The third kappa shape index (κ3) is 4.47. The van der Waals surface area contributed by atoms with Crippen molar-refractivity contribution in [1.29, 1.82) is 0 Å². The predicted octanol–water partition coefficient (Wildman–Crippen LogP) is 5.97. The van der Waals surface area contributed by atoms with Gasteiger partial charge >= 0.3 is 6.18 Å². The van der Waals surface area contributed by atoms with Gasteiger partial charge in [-0.25, -0.2) is 13.4 Å². The van der Waals surface area contributed by atoms with Crippen LogP contribution in [0.2, 0.25) is 5.02 Å². The predicted molar refractivity (Wildman–Crippen MR) is 133 cm³/mol. The van der Waals surface area contributed by atoms with Gasteiger partial charge < -0.3 is 10.1 Å². The number of hydrogen-bond acceptors (Lipinski definition) is 4. The molecule has 2 aliphatic heterocycles. The highest BCUT2D eigenvalue weighted by atomic mass is 35.5. The summed E-state index contributed by atoms with van der Waals surface area (Å²) in [5, 5.41) is 10.2. The first-order valence-corrected chi connectivity index (χ1v) is 14.1. The summed E-state index contributed by atoms with van der Waals surface area (Å²) in [4.78, 5) is 7.48. The van der Waals surface area contributed by atoms with Crippen LogP contribution in [0.15, 0.2) is 47.5 Å². The molecular weight excluding hydrogens is 527 g/mol. The van der Waals surface area contributed by atoms with Crippen molar-refractivity contribution >= 4 is 21.6 Å². The molecule has 1 aromatic heterocycles. The van der Waals surface area contributed by atoms with Crippen LogP contribution in [0.1, 0.15) is 55.6 Å². The number of nitrogens with zero attached hydrogens (tertiary/aromatic N) is 2. The minimum absolute atomic E-state index is 0.0246. The number of aromatic amines is 1. The van der Waals surface area contributed by atoms with E-state index in [4.69, 9.17) is 11.6 Å². The van der Waals surface area contributed by atoms with Gasteiger partial charge in [-0.05, 0) is 85.9 Å². The van der Waals surface area contributed by atoms with Crippen LogP contribution < -0.4 is 0 Å². The summed E-state index contributed by atoms with van der Waals surface area (Å²) < 4.78 is 69.2. The molecule has 2 unspecified atom stereocenters. The van der Waals surface area contributed by atoms with Crippen molar-refractivity contribution in [3.05, 3.63) is 58.7 Å². The normalized spacial score (nSPS) is 24.5. The van der Waals surface area contributed by atoms with Gasteiger partial charge in [0, 0.05) is 17.6 Å². The zero-order chi connectivity index (χ0) is 26.1. The van der Waals surface area contributed by atoms with Gasteiger partial charge in [-0.3, -0.25) is 0 Å². The van der Waals surface area contributed by atoms with Crippen molar-refractivity contribution in [3.63, 3.8) is 0 Å². The van der Waals surface area contributed by atoms with Gasteiger partial charge in [0.1, 0.15) is 10.7 Å². The zero-order valence-corrected chi connectivity index (χ0v) is 21.2. The van der Waals surface area contributed by atoms with Crippen molar-refractivity contribution in [3.8, 4) is 22.6 Å². The highest BCUT2D eigenvalue weighted by Crippen LogP contribution is 2.47. The Morgan fingerprint density at radius 2 is 1.68 bits per heavy atom. The number of sulfonamides is 1. The maximum Gasteiger partial charge on any atom is 0.416 e. The number of H-pyrrole nitrogens is 1. The maximum atomic E-state index is 13.6. The van der Waals surface area contributed by atoms with Crippen molar-refractivity contribution < 1.29 is 26.7 Å². The Hall–Kier alpha value is -2.40. The number of benzene rings is 2. The van der Waals surface area contributed by atoms with Crippen molar-refractivity contribution in [1.82, 2.24) is 14.3 Å². The van der Waals surface area contributed by atoms with Gasteiger partial charge in [0.25, 0.3) is 0 Å². The molecule has 1 aliphatic carbocycles. The van der Waals surface area contributed by atoms with Crippen LogP contribution in [-0.2, 0) is 16.2 Å². The lowest BCUT2D eigenvalue weighted by molar-refractivity contribution is -0.138. The summed E-state index contributed by atoms with van der Waals surface area (Å²) in [6.45, 7) is 0. The Labute approximate surface area is 217 Å². The number of hydrogen-bond donors (Lipinski definition) is 2. The van der Waals surface area contributed by atoms with Crippen LogP contribution in [0.3, 0.4) is 0 Å². The number of aliphatic hydroxyl groups is 1. The highest BCUT2D eigenvalue weighted by Gasteiger charge is 2.47. The second-order valence-corrected chi connectivity index (χ2v) is 12.4. The molecule has 2 bridgehead atoms. The van der Waals surface area contributed by atoms with E-state index in [2.05, 4.69) is 9.97 Å². The lowest BCUT2D eigenvalue weighted by atomic mass is 9.98. The average Bonchev–Trinajstić information content (AvgIpc) is 3.49. The third-order valence-electron chi connectivity index (χ3n) is 7.66. The van der Waals surface area contributed by atoms with E-state index in [0.717, 1.165) is 18.9 Å². The molecule has 6 rings (SSSR count). The van der Waals surface area contributed by atoms with Crippen molar-refractivity contribution in [2.24, 2.45) is 0 Å². The highest BCUT2D eigenvalue weighted by molar-refractivity contribution is 7.89. The summed E-state index contributed by atoms with van der Waals surface area (Å²) in [6.07, 6.45) is 0.316. The van der Waals surface area contributed by atoms with E-state index in [-0.39, 0.29) is 27.9 Å². The number of fused-ring (bicyclic) bond motifs is 2. The fourth-order valence-corrected chi connectivity index (χ4v) is 8.19. The first-order chi connectivity index (χ1) is 17.5. The molecule has 0 radical (unpaired) electrons. The Morgan fingerprint density at radius 1 is 1.00 bits per heavy atom. The third-order valence-corrected chi connectivity index (χ3v) is 10.1. The van der Waals surface area contributed by atoms with E-state index in [1.54, 1.807) is 12.1 Å². The molecule has 2 N–H and O–H groups in total. The van der Waals surface area contributed by atoms with Gasteiger partial charge in [-0.1, -0.05) is 17.7 Å². The number of piperidine rings is 1. The smallest absolute Gasteiger partial charge is 0.393 e. The second kappa shape index (κ2) is 8.83. The number of rotatable bonds is 5. The van der Waals surface area contributed by atoms with Crippen LogP contribution in [0.5, 0.6) is 0 Å². The molecule has 3 fully saturated rings. The van der Waals surface area contributed by atoms with E-state index in [1.165, 1.54) is 28.7 Å². The average molecular weight is 552 g/mol. The Kier molecular flexibility index (Phi) is 5.94. The molecule has 6 nitrogen and oxygen atoms in total. The standard InChI is InChI=1S/C26H25ClF3N3O3S/c27-22-8-4-16(10-24(22)37(35,36)33-17-5-6-18(33)12-19(34)11-17)25-31-13-23(32-25)15-3-7-21(26(28,29)30)20(9-15)14-1-2-14/h3-4,7-10,13-14,17-19,34H,1-2,5-6,11-12H2,(H,31,32)/t17-,18?,19?/m1/s1. The van der Waals surface area contributed by atoms with Gasteiger partial charge in [-0.2, -0.15) is 17.5 Å². The summed E-state index contributed by atoms with van der Waals surface area (Å²) in [7, 11) is -3.91. The summed E-state index contributed by atoms with van der Waals surface area (Å²) in [6, 6.07) is 8.23. The van der Waals surface area contributed by atoms with Gasteiger partial charge in [0.15, 0.2) is 0 Å². The monoisotopic (exact) mass is 551 g/mol. The van der Waals surface area contributed by atoms with Crippen LogP contribution >= 0.6 is 11.6 Å². The van der Waals surface area contributed by atoms with Crippen LogP contribution in [0, 0.1) is 0 Å². The van der Waals surface area contributed by atoms with E-state index in [1.807, 2.05) is 0 Å². The van der Waals surface area contributed by atoms with Crippen LogP contribution in [-0.4, -0.2) is 46.0 Å². The summed E-state index contributed by atoms with van der Waals surface area (Å²) >= 11 is 6.36. The summed E-state index contributed by atoms with van der Waals surface area (Å²) in [5.41, 5.74) is 1.30. The second-order valence-electron chi connectivity index (χ2n) is 10.2. The van der Waals surface area contributed by atoms with Gasteiger partial charge in [0.2, 0.25) is 10.0 Å². The lowest BCUT2D eigenvalue weighted by Crippen LogP contribution is -2.47. The molecule has 196 valence electrons. The number of nitrogens with one attached hydrogen (secondary N) is 1. The van der Waals surface area contributed by atoms with E-state index >= 15 is 0 Å². The molecule has 1 saturated carbocycles. The van der Waals surface area contributed by atoms with Crippen molar-refractivity contribution in [2.45, 2.75) is 73.7 Å². The minimum atomic E-state index is -4.41. The Morgan fingerprint density at radius 3 is 2.32 bits per heavy atom. The fourth-order valence-electron chi connectivity index (χ4n) is 5.79. The molecule has 11 heteroatoms. The molecule has 0 spiro atoms. The molecule has 37 heavy (non-hydrogen) atoms. The number of halogens is 4. The number of aromatic nitrogens is 2. The van der Waals surface area contributed by atoms with Gasteiger partial charge in [0.05, 0.1) is 28.6 Å². The lowest BCUT2D eigenvalue weighted by Gasteiger charge is -2.36. The van der Waals surface area contributed by atoms with Crippen LogP contribution in [0.25, 0.3) is 22.6 Å². The minimum Gasteiger partial charge on any atom is -0.393 e. The molecule has 3 aromatic rings. The summed E-state index contributed by atoms with van der Waals surface area (Å²) in [5.74, 6) is 0.294. The SMILES string of the molecule is O=S(=O)(c1cc(-c2ncc(-c3ccc(C(F)(F)F)c(C4CC4)c3)[nH]2)ccc1Cl)N1C2CC[C@@H]1CC(O)C2. The number of alkyl halides is 3. The number of imidazole rings is 1. The molecule has 3 aliphatic rings. The quantitative estimate of drug-likeness (QED) is 0.409. The van der Waals surface area contributed by atoms with E-state index in [9.17, 15) is 26.7 Å². The van der Waals surface area contributed by atoms with Gasteiger partial charge in [-0.15, -0.1) is 0 Å². The largest absolute Gasteiger partial charge is 0.416 e. The molecule has 3 heterocycles. The Balaban J connectivity index is 1.33. The maximum absolute atomic E-state index is 13.6. The van der Waals surface area contributed by atoms with E-state index < -0.39 is 27.9 Å². The number of aliphatic hydroxyl groups excluding tert-OH is 1. The fraction of sp³-hybridized carbons (Fsp3) is 0.423. The molecule has 2 aromatic carbocycles. The van der Waals surface area contributed by atoms with E-state index in [0.29, 0.717) is 53.9 Å².